The fourth-order valence-corrected chi connectivity index (χ4v) is 2.29. The molecule has 2 aromatic carbocycles. The number of hydrogen-bond donors (Lipinski definition) is 1. The summed E-state index contributed by atoms with van der Waals surface area (Å²) in [6.07, 6.45) is 0. The van der Waals surface area contributed by atoms with Gasteiger partial charge in [0, 0.05) is 19.2 Å². The second-order valence-corrected chi connectivity index (χ2v) is 5.09. The molecule has 5 heteroatoms. The van der Waals surface area contributed by atoms with Gasteiger partial charge < -0.3 is 5.32 Å². The van der Waals surface area contributed by atoms with E-state index in [0.717, 1.165) is 16.6 Å². The van der Waals surface area contributed by atoms with Crippen molar-refractivity contribution < 1.29 is 4.79 Å². The molecule has 1 amide bonds. The molecule has 0 aliphatic heterocycles. The number of aryl methyl sites for hydroxylation is 2. The number of nitrogens with one attached hydrogen (secondary N) is 1. The van der Waals surface area contributed by atoms with E-state index in [2.05, 4.69) is 21.7 Å². The van der Waals surface area contributed by atoms with E-state index in [4.69, 9.17) is 0 Å². The number of amides is 1. The third kappa shape index (κ3) is 2.76. The van der Waals surface area contributed by atoms with Crippen LogP contribution in [-0.4, -0.2) is 20.9 Å². The van der Waals surface area contributed by atoms with E-state index in [0.29, 0.717) is 12.1 Å². The van der Waals surface area contributed by atoms with Crippen LogP contribution in [0, 0.1) is 6.92 Å². The maximum Gasteiger partial charge on any atom is 0.251 e. The highest BCUT2D eigenvalue weighted by Crippen LogP contribution is 2.12. The van der Waals surface area contributed by atoms with E-state index < -0.39 is 0 Å². The number of fused-ring (bicyclic) bond motifs is 1. The minimum atomic E-state index is -0.107. The van der Waals surface area contributed by atoms with Crippen molar-refractivity contribution in [1.82, 2.24) is 20.3 Å². The molecule has 0 bridgehead atoms. The van der Waals surface area contributed by atoms with Crippen LogP contribution in [0.4, 0.5) is 0 Å². The molecule has 5 nitrogen and oxygen atoms in total. The summed E-state index contributed by atoms with van der Waals surface area (Å²) < 4.78 is 1.68. The Morgan fingerprint density at radius 1 is 1.24 bits per heavy atom. The van der Waals surface area contributed by atoms with Crippen molar-refractivity contribution in [2.24, 2.45) is 7.05 Å². The van der Waals surface area contributed by atoms with Crippen LogP contribution in [0.25, 0.3) is 11.0 Å². The number of carbonyl (C=O) groups excluding carboxylic acids is 1. The van der Waals surface area contributed by atoms with Gasteiger partial charge in [-0.3, -0.25) is 4.79 Å². The molecular formula is C16H16N4O. The third-order valence-corrected chi connectivity index (χ3v) is 3.41. The second-order valence-electron chi connectivity index (χ2n) is 5.09. The average molecular weight is 280 g/mol. The van der Waals surface area contributed by atoms with Gasteiger partial charge in [0.25, 0.3) is 5.91 Å². The Hall–Kier alpha value is -2.69. The molecule has 0 fully saturated rings. The van der Waals surface area contributed by atoms with Crippen LogP contribution >= 0.6 is 0 Å². The Bertz CT molecular complexity index is 807. The summed E-state index contributed by atoms with van der Waals surface area (Å²) in [6, 6.07) is 13.5. The first-order chi connectivity index (χ1) is 10.1. The zero-order chi connectivity index (χ0) is 14.8. The van der Waals surface area contributed by atoms with Crippen molar-refractivity contribution in [3.8, 4) is 0 Å². The van der Waals surface area contributed by atoms with Crippen molar-refractivity contribution in [2.45, 2.75) is 13.5 Å². The van der Waals surface area contributed by atoms with Crippen molar-refractivity contribution in [3.05, 3.63) is 59.2 Å². The van der Waals surface area contributed by atoms with Gasteiger partial charge in [0.1, 0.15) is 5.52 Å². The van der Waals surface area contributed by atoms with Gasteiger partial charge >= 0.3 is 0 Å². The van der Waals surface area contributed by atoms with Crippen molar-refractivity contribution in [3.63, 3.8) is 0 Å². The first-order valence-electron chi connectivity index (χ1n) is 6.77. The number of benzene rings is 2. The monoisotopic (exact) mass is 280 g/mol. The Morgan fingerprint density at radius 2 is 2.10 bits per heavy atom. The normalized spacial score (nSPS) is 10.8. The quantitative estimate of drug-likeness (QED) is 0.800. The van der Waals surface area contributed by atoms with Crippen LogP contribution in [0.15, 0.2) is 42.5 Å². The topological polar surface area (TPSA) is 59.8 Å². The summed E-state index contributed by atoms with van der Waals surface area (Å²) in [5, 5.41) is 10.9. The Balaban J connectivity index is 1.74. The predicted molar refractivity (Wildman–Crippen MR) is 80.9 cm³/mol. The smallest absolute Gasteiger partial charge is 0.251 e. The van der Waals surface area contributed by atoms with Crippen LogP contribution in [0.5, 0.6) is 0 Å². The molecule has 1 heterocycles. The summed E-state index contributed by atoms with van der Waals surface area (Å²) in [7, 11) is 1.83. The number of carbonyl (C=O) groups is 1. The molecule has 1 N–H and O–H groups in total. The highest BCUT2D eigenvalue weighted by atomic mass is 16.1. The maximum absolute atomic E-state index is 12.2. The van der Waals surface area contributed by atoms with Gasteiger partial charge in [0.15, 0.2) is 0 Å². The van der Waals surface area contributed by atoms with Crippen LogP contribution in [0.1, 0.15) is 21.5 Å². The molecule has 21 heavy (non-hydrogen) atoms. The SMILES string of the molecule is Cc1cccc(CNC(=O)c2ccc3c(c2)nnn3C)c1. The highest BCUT2D eigenvalue weighted by Gasteiger charge is 2.08. The van der Waals surface area contributed by atoms with E-state index >= 15 is 0 Å². The number of nitrogens with zero attached hydrogens (tertiary/aromatic N) is 3. The first-order valence-corrected chi connectivity index (χ1v) is 6.77. The minimum absolute atomic E-state index is 0.107. The van der Waals surface area contributed by atoms with Crippen LogP contribution < -0.4 is 5.32 Å². The largest absolute Gasteiger partial charge is 0.348 e. The van der Waals surface area contributed by atoms with Crippen LogP contribution in [-0.2, 0) is 13.6 Å². The molecule has 0 radical (unpaired) electrons. The predicted octanol–water partition coefficient (Wildman–Crippen LogP) is 2.21. The lowest BCUT2D eigenvalue weighted by molar-refractivity contribution is 0.0951. The Kier molecular flexibility index (Phi) is 3.39. The summed E-state index contributed by atoms with van der Waals surface area (Å²) in [5.74, 6) is -0.107. The molecule has 1 aromatic heterocycles. The number of rotatable bonds is 3. The molecular weight excluding hydrogens is 264 g/mol. The number of aromatic nitrogens is 3. The summed E-state index contributed by atoms with van der Waals surface area (Å²) in [5.41, 5.74) is 4.49. The fraction of sp³-hybridized carbons (Fsp3) is 0.188. The van der Waals surface area contributed by atoms with E-state index in [1.807, 2.05) is 38.2 Å². The Labute approximate surface area is 122 Å². The highest BCUT2D eigenvalue weighted by molar-refractivity contribution is 5.97. The molecule has 0 aliphatic rings. The molecule has 0 saturated heterocycles. The summed E-state index contributed by atoms with van der Waals surface area (Å²) >= 11 is 0. The van der Waals surface area contributed by atoms with E-state index in [1.165, 1.54) is 5.56 Å². The molecule has 0 saturated carbocycles. The number of hydrogen-bond acceptors (Lipinski definition) is 3. The van der Waals surface area contributed by atoms with Crippen molar-refractivity contribution in [2.75, 3.05) is 0 Å². The average Bonchev–Trinajstić information content (AvgIpc) is 2.86. The molecule has 106 valence electrons. The van der Waals surface area contributed by atoms with E-state index in [-0.39, 0.29) is 5.91 Å². The summed E-state index contributed by atoms with van der Waals surface area (Å²) in [4.78, 5) is 12.2. The Morgan fingerprint density at radius 3 is 2.90 bits per heavy atom. The van der Waals surface area contributed by atoms with Gasteiger partial charge in [-0.1, -0.05) is 35.0 Å². The van der Waals surface area contributed by atoms with Gasteiger partial charge in [0.2, 0.25) is 0 Å². The zero-order valence-electron chi connectivity index (χ0n) is 12.0. The molecule has 0 unspecified atom stereocenters. The van der Waals surface area contributed by atoms with Crippen LogP contribution in [0.2, 0.25) is 0 Å². The lowest BCUT2D eigenvalue weighted by atomic mass is 10.1. The third-order valence-electron chi connectivity index (χ3n) is 3.41. The molecule has 0 atom stereocenters. The van der Waals surface area contributed by atoms with Gasteiger partial charge in [-0.25, -0.2) is 4.68 Å². The van der Waals surface area contributed by atoms with Gasteiger partial charge in [-0.15, -0.1) is 5.10 Å². The molecule has 0 aliphatic carbocycles. The first kappa shape index (κ1) is 13.3. The minimum Gasteiger partial charge on any atom is -0.348 e. The standard InChI is InChI=1S/C16H16N4O/c1-11-4-3-5-12(8-11)10-17-16(21)13-6-7-15-14(9-13)18-19-20(15)2/h3-9H,10H2,1-2H3,(H,17,21). The summed E-state index contributed by atoms with van der Waals surface area (Å²) in [6.45, 7) is 2.55. The lowest BCUT2D eigenvalue weighted by Gasteiger charge is -2.06. The molecule has 3 rings (SSSR count). The molecule has 0 spiro atoms. The van der Waals surface area contributed by atoms with Crippen molar-refractivity contribution in [1.29, 1.82) is 0 Å². The van der Waals surface area contributed by atoms with E-state index in [9.17, 15) is 4.79 Å². The van der Waals surface area contributed by atoms with Gasteiger partial charge in [-0.05, 0) is 30.7 Å². The lowest BCUT2D eigenvalue weighted by Crippen LogP contribution is -2.22. The fourth-order valence-electron chi connectivity index (χ4n) is 2.29. The molecule has 3 aromatic rings. The zero-order valence-corrected chi connectivity index (χ0v) is 12.0. The van der Waals surface area contributed by atoms with Crippen molar-refractivity contribution >= 4 is 16.9 Å². The maximum atomic E-state index is 12.2. The van der Waals surface area contributed by atoms with Crippen LogP contribution in [0.3, 0.4) is 0 Å². The van der Waals surface area contributed by atoms with E-state index in [1.54, 1.807) is 16.8 Å². The van der Waals surface area contributed by atoms with Gasteiger partial charge in [0.05, 0.1) is 5.52 Å². The second kappa shape index (κ2) is 5.36. The van der Waals surface area contributed by atoms with Gasteiger partial charge in [-0.2, -0.15) is 0 Å².